The van der Waals surface area contributed by atoms with Crippen LogP contribution in [0.25, 0.3) is 0 Å². The van der Waals surface area contributed by atoms with Crippen molar-refractivity contribution in [2.24, 2.45) is 0 Å². The molecule has 1 atom stereocenters. The van der Waals surface area contributed by atoms with E-state index in [0.29, 0.717) is 13.0 Å². The minimum atomic E-state index is -0.936. The van der Waals surface area contributed by atoms with E-state index in [0.717, 1.165) is 29.0 Å². The third-order valence-corrected chi connectivity index (χ3v) is 4.16. The van der Waals surface area contributed by atoms with Crippen LogP contribution in [0.5, 0.6) is 11.5 Å². The predicted molar refractivity (Wildman–Crippen MR) is 81.9 cm³/mol. The lowest BCUT2D eigenvalue weighted by Gasteiger charge is -2.25. The van der Waals surface area contributed by atoms with Gasteiger partial charge in [0.25, 0.3) is 0 Å². The number of rotatable bonds is 4. The molecule has 2 aromatic carbocycles. The highest BCUT2D eigenvalue weighted by atomic mass is 16.5. The zero-order valence-corrected chi connectivity index (χ0v) is 12.4. The summed E-state index contributed by atoms with van der Waals surface area (Å²) in [5.74, 6) is 1.61. The summed E-state index contributed by atoms with van der Waals surface area (Å²) in [4.78, 5) is 0. The van der Waals surface area contributed by atoms with Gasteiger partial charge in [0.2, 0.25) is 0 Å². The molecule has 3 heteroatoms. The van der Waals surface area contributed by atoms with Crippen LogP contribution in [-0.4, -0.2) is 18.8 Å². The van der Waals surface area contributed by atoms with Crippen molar-refractivity contribution < 1.29 is 14.6 Å². The van der Waals surface area contributed by atoms with Crippen LogP contribution in [0.4, 0.5) is 0 Å². The van der Waals surface area contributed by atoms with Crippen LogP contribution in [0.3, 0.4) is 0 Å². The molecule has 21 heavy (non-hydrogen) atoms. The molecular formula is C18H20O3. The Labute approximate surface area is 125 Å². The first-order valence-corrected chi connectivity index (χ1v) is 7.30. The molecular weight excluding hydrogens is 264 g/mol. The fourth-order valence-electron chi connectivity index (χ4n) is 3.03. The Morgan fingerprint density at radius 3 is 2.48 bits per heavy atom. The molecule has 3 nitrogen and oxygen atoms in total. The normalized spacial score (nSPS) is 20.1. The monoisotopic (exact) mass is 284 g/mol. The van der Waals surface area contributed by atoms with Crippen molar-refractivity contribution in [3.63, 3.8) is 0 Å². The van der Waals surface area contributed by atoms with Crippen LogP contribution in [0.2, 0.25) is 0 Å². The van der Waals surface area contributed by atoms with Crippen LogP contribution >= 0.6 is 0 Å². The highest BCUT2D eigenvalue weighted by Crippen LogP contribution is 2.43. The zero-order chi connectivity index (χ0) is 14.9. The number of hydrogen-bond donors (Lipinski definition) is 1. The van der Waals surface area contributed by atoms with Crippen molar-refractivity contribution >= 4 is 0 Å². The van der Waals surface area contributed by atoms with Gasteiger partial charge < -0.3 is 14.6 Å². The van der Waals surface area contributed by atoms with Gasteiger partial charge in [-0.3, -0.25) is 0 Å². The lowest BCUT2D eigenvalue weighted by atomic mass is 9.88. The molecule has 0 amide bonds. The van der Waals surface area contributed by atoms with Crippen molar-refractivity contribution in [3.05, 3.63) is 59.2 Å². The molecule has 0 radical (unpaired) electrons. The van der Waals surface area contributed by atoms with Crippen LogP contribution in [0.1, 0.15) is 30.0 Å². The van der Waals surface area contributed by atoms with E-state index < -0.39 is 5.60 Å². The van der Waals surface area contributed by atoms with Gasteiger partial charge in [0.15, 0.2) is 0 Å². The van der Waals surface area contributed by atoms with Crippen molar-refractivity contribution in [2.45, 2.75) is 25.4 Å². The maximum atomic E-state index is 11.2. The summed E-state index contributed by atoms with van der Waals surface area (Å²) in [7, 11) is 1.65. The van der Waals surface area contributed by atoms with E-state index in [1.807, 2.05) is 49.4 Å². The van der Waals surface area contributed by atoms with Crippen molar-refractivity contribution in [2.75, 3.05) is 13.7 Å². The fraction of sp³-hybridized carbons (Fsp3) is 0.333. The Morgan fingerprint density at radius 1 is 1.10 bits per heavy atom. The highest BCUT2D eigenvalue weighted by molar-refractivity contribution is 5.49. The minimum Gasteiger partial charge on any atom is -0.497 e. The summed E-state index contributed by atoms with van der Waals surface area (Å²) >= 11 is 0. The third kappa shape index (κ3) is 2.38. The number of aliphatic hydroxyl groups is 1. The lowest BCUT2D eigenvalue weighted by molar-refractivity contribution is 0.0827. The summed E-state index contributed by atoms with van der Waals surface area (Å²) in [6.07, 6.45) is 1.58. The van der Waals surface area contributed by atoms with E-state index in [2.05, 4.69) is 0 Å². The zero-order valence-electron chi connectivity index (χ0n) is 12.4. The Bertz CT molecular complexity index is 633. The maximum absolute atomic E-state index is 11.2. The molecule has 0 spiro atoms. The summed E-state index contributed by atoms with van der Waals surface area (Å²) < 4.78 is 10.7. The molecule has 1 N–H and O–H groups in total. The van der Waals surface area contributed by atoms with Crippen LogP contribution < -0.4 is 9.47 Å². The van der Waals surface area contributed by atoms with Gasteiger partial charge in [-0.15, -0.1) is 0 Å². The largest absolute Gasteiger partial charge is 0.497 e. The molecule has 0 aromatic heterocycles. The molecule has 0 bridgehead atoms. The van der Waals surface area contributed by atoms with Gasteiger partial charge in [-0.2, -0.15) is 0 Å². The van der Waals surface area contributed by atoms with Crippen molar-refractivity contribution in [1.82, 2.24) is 0 Å². The molecule has 0 heterocycles. The molecule has 0 fully saturated rings. The second-order valence-corrected chi connectivity index (χ2v) is 5.34. The van der Waals surface area contributed by atoms with Crippen molar-refractivity contribution in [1.29, 1.82) is 0 Å². The van der Waals surface area contributed by atoms with Gasteiger partial charge in [0, 0.05) is 0 Å². The van der Waals surface area contributed by atoms with E-state index in [1.54, 1.807) is 7.11 Å². The average Bonchev–Trinajstić information content (AvgIpc) is 2.86. The Morgan fingerprint density at radius 2 is 1.81 bits per heavy atom. The fourth-order valence-corrected chi connectivity index (χ4v) is 3.03. The van der Waals surface area contributed by atoms with Crippen LogP contribution in [-0.2, 0) is 12.0 Å². The Hall–Kier alpha value is -2.00. The number of fused-ring (bicyclic) bond motifs is 1. The number of ether oxygens (including phenoxy) is 2. The molecule has 110 valence electrons. The van der Waals surface area contributed by atoms with Gasteiger partial charge in [0.1, 0.15) is 17.1 Å². The van der Waals surface area contributed by atoms with Gasteiger partial charge >= 0.3 is 0 Å². The molecule has 1 aliphatic carbocycles. The second kappa shape index (κ2) is 5.41. The minimum absolute atomic E-state index is 0.643. The maximum Gasteiger partial charge on any atom is 0.119 e. The van der Waals surface area contributed by atoms with Crippen LogP contribution in [0.15, 0.2) is 42.5 Å². The number of benzene rings is 2. The molecule has 2 aromatic rings. The third-order valence-electron chi connectivity index (χ3n) is 4.16. The molecule has 3 rings (SSSR count). The van der Waals surface area contributed by atoms with Gasteiger partial charge in [-0.1, -0.05) is 18.2 Å². The first-order chi connectivity index (χ1) is 10.2. The summed E-state index contributed by atoms with van der Waals surface area (Å²) in [5.41, 5.74) is 2.10. The SMILES string of the molecule is CCOc1ccc(C2(O)CCc3ccc(OC)cc32)cc1. The van der Waals surface area contributed by atoms with Gasteiger partial charge in [0.05, 0.1) is 13.7 Å². The number of aryl methyl sites for hydroxylation is 1. The first-order valence-electron chi connectivity index (χ1n) is 7.30. The van der Waals surface area contributed by atoms with Crippen LogP contribution in [0, 0.1) is 0 Å². The average molecular weight is 284 g/mol. The smallest absolute Gasteiger partial charge is 0.119 e. The quantitative estimate of drug-likeness (QED) is 0.936. The van der Waals surface area contributed by atoms with E-state index in [9.17, 15) is 5.11 Å². The Balaban J connectivity index is 1.99. The summed E-state index contributed by atoms with van der Waals surface area (Å²) in [5, 5.41) is 11.2. The number of methoxy groups -OCH3 is 1. The molecule has 1 unspecified atom stereocenters. The van der Waals surface area contributed by atoms with E-state index >= 15 is 0 Å². The standard InChI is InChI=1S/C18H20O3/c1-3-21-15-8-5-14(6-9-15)18(19)11-10-13-4-7-16(20-2)12-17(13)18/h4-9,12,19H,3,10-11H2,1-2H3. The second-order valence-electron chi connectivity index (χ2n) is 5.34. The van der Waals surface area contributed by atoms with Gasteiger partial charge in [-0.05, 0) is 60.7 Å². The molecule has 0 saturated carbocycles. The summed E-state index contributed by atoms with van der Waals surface area (Å²) in [6, 6.07) is 13.6. The highest BCUT2D eigenvalue weighted by Gasteiger charge is 2.38. The van der Waals surface area contributed by atoms with E-state index in [1.165, 1.54) is 5.56 Å². The predicted octanol–water partition coefficient (Wildman–Crippen LogP) is 3.28. The van der Waals surface area contributed by atoms with Gasteiger partial charge in [-0.25, -0.2) is 0 Å². The molecule has 0 aliphatic heterocycles. The number of hydrogen-bond acceptors (Lipinski definition) is 3. The van der Waals surface area contributed by atoms with E-state index in [-0.39, 0.29) is 0 Å². The Kier molecular flexibility index (Phi) is 3.60. The topological polar surface area (TPSA) is 38.7 Å². The first kappa shape index (κ1) is 14.0. The lowest BCUT2D eigenvalue weighted by Crippen LogP contribution is -2.23. The molecule has 1 aliphatic rings. The summed E-state index contributed by atoms with van der Waals surface area (Å²) in [6.45, 7) is 2.60. The molecule has 0 saturated heterocycles. The van der Waals surface area contributed by atoms with E-state index in [4.69, 9.17) is 9.47 Å². The van der Waals surface area contributed by atoms with Crippen molar-refractivity contribution in [3.8, 4) is 11.5 Å².